The van der Waals surface area contributed by atoms with Crippen molar-refractivity contribution in [3.8, 4) is 5.88 Å². The Labute approximate surface area is 90.1 Å². The van der Waals surface area contributed by atoms with Crippen LogP contribution in [0.25, 0.3) is 0 Å². The van der Waals surface area contributed by atoms with Gasteiger partial charge < -0.3 is 10.1 Å². The molecule has 1 aliphatic rings. The normalized spacial score (nSPS) is 18.0. The molecular weight excluding hydrogens is 190 g/mol. The van der Waals surface area contributed by atoms with Gasteiger partial charge in [-0.05, 0) is 25.7 Å². The monoisotopic (exact) mass is 207 g/mol. The highest BCUT2D eigenvalue weighted by molar-refractivity contribution is 5.38. The zero-order valence-electron chi connectivity index (χ0n) is 9.23. The van der Waals surface area contributed by atoms with E-state index in [1.165, 1.54) is 25.6 Å². The van der Waals surface area contributed by atoms with Crippen molar-refractivity contribution in [2.24, 2.45) is 5.92 Å². The Kier molecular flexibility index (Phi) is 3.04. The molecule has 4 heteroatoms. The van der Waals surface area contributed by atoms with Crippen LogP contribution in [-0.4, -0.2) is 23.1 Å². The van der Waals surface area contributed by atoms with Gasteiger partial charge >= 0.3 is 0 Å². The second-order valence-corrected chi connectivity index (χ2v) is 4.07. The van der Waals surface area contributed by atoms with Gasteiger partial charge in [0.15, 0.2) is 0 Å². The quantitative estimate of drug-likeness (QED) is 0.821. The highest BCUT2D eigenvalue weighted by Gasteiger charge is 2.23. The van der Waals surface area contributed by atoms with Crippen molar-refractivity contribution in [2.75, 3.05) is 12.4 Å². The molecule has 1 atom stereocenters. The van der Waals surface area contributed by atoms with Crippen molar-refractivity contribution in [2.45, 2.75) is 32.2 Å². The summed E-state index contributed by atoms with van der Waals surface area (Å²) >= 11 is 0. The Hall–Kier alpha value is -1.32. The minimum Gasteiger partial charge on any atom is -0.481 e. The molecule has 4 nitrogen and oxygen atoms in total. The molecule has 0 radical (unpaired) electrons. The molecule has 82 valence electrons. The van der Waals surface area contributed by atoms with E-state index in [9.17, 15) is 0 Å². The molecule has 2 rings (SSSR count). The number of nitrogens with one attached hydrogen (secondary N) is 1. The molecular formula is C11H17N3O. The molecule has 1 aromatic rings. The lowest BCUT2D eigenvalue weighted by molar-refractivity contribution is 0.284. The SMILES string of the molecule is COc1cc(NC(C)C2CCC2)ncn1. The van der Waals surface area contributed by atoms with Crippen LogP contribution in [0.3, 0.4) is 0 Å². The van der Waals surface area contributed by atoms with Gasteiger partial charge in [-0.25, -0.2) is 9.97 Å². The maximum absolute atomic E-state index is 5.05. The van der Waals surface area contributed by atoms with E-state index in [4.69, 9.17) is 4.74 Å². The van der Waals surface area contributed by atoms with Gasteiger partial charge in [-0.2, -0.15) is 0 Å². The van der Waals surface area contributed by atoms with Crippen molar-refractivity contribution in [3.05, 3.63) is 12.4 Å². The van der Waals surface area contributed by atoms with Gasteiger partial charge in [-0.15, -0.1) is 0 Å². The van der Waals surface area contributed by atoms with Crippen LogP contribution in [0.4, 0.5) is 5.82 Å². The van der Waals surface area contributed by atoms with E-state index in [1.54, 1.807) is 7.11 Å². The van der Waals surface area contributed by atoms with Gasteiger partial charge in [0.2, 0.25) is 5.88 Å². The lowest BCUT2D eigenvalue weighted by Crippen LogP contribution is -2.31. The molecule has 0 bridgehead atoms. The molecule has 0 aliphatic heterocycles. The first-order chi connectivity index (χ1) is 7.29. The fourth-order valence-electron chi connectivity index (χ4n) is 1.82. The van der Waals surface area contributed by atoms with E-state index >= 15 is 0 Å². The van der Waals surface area contributed by atoms with E-state index in [0.717, 1.165) is 11.7 Å². The average Bonchev–Trinajstić information content (AvgIpc) is 2.15. The summed E-state index contributed by atoms with van der Waals surface area (Å²) < 4.78 is 5.05. The second kappa shape index (κ2) is 4.47. The molecule has 1 heterocycles. The standard InChI is InChI=1S/C11H17N3O/c1-8(9-4-3-5-9)14-10-6-11(15-2)13-7-12-10/h6-9H,3-5H2,1-2H3,(H,12,13,14). The zero-order valence-corrected chi connectivity index (χ0v) is 9.23. The van der Waals surface area contributed by atoms with Crippen LogP contribution in [-0.2, 0) is 0 Å². The summed E-state index contributed by atoms with van der Waals surface area (Å²) in [6.45, 7) is 2.21. The van der Waals surface area contributed by atoms with Crippen LogP contribution < -0.4 is 10.1 Å². The van der Waals surface area contributed by atoms with Crippen LogP contribution >= 0.6 is 0 Å². The second-order valence-electron chi connectivity index (χ2n) is 4.07. The summed E-state index contributed by atoms with van der Waals surface area (Å²) in [6, 6.07) is 2.31. The van der Waals surface area contributed by atoms with Crippen molar-refractivity contribution in [1.82, 2.24) is 9.97 Å². The third-order valence-electron chi connectivity index (χ3n) is 3.08. The van der Waals surface area contributed by atoms with Crippen LogP contribution in [0.2, 0.25) is 0 Å². The van der Waals surface area contributed by atoms with Gasteiger partial charge in [0.1, 0.15) is 12.1 Å². The van der Waals surface area contributed by atoms with E-state index in [2.05, 4.69) is 22.2 Å². The number of anilines is 1. The highest BCUT2D eigenvalue weighted by Crippen LogP contribution is 2.30. The molecule has 0 saturated heterocycles. The van der Waals surface area contributed by atoms with Gasteiger partial charge in [-0.1, -0.05) is 6.42 Å². The minimum atomic E-state index is 0.485. The molecule has 0 amide bonds. The Morgan fingerprint density at radius 1 is 1.47 bits per heavy atom. The van der Waals surface area contributed by atoms with E-state index in [0.29, 0.717) is 11.9 Å². The molecule has 0 aromatic carbocycles. The van der Waals surface area contributed by atoms with E-state index < -0.39 is 0 Å². The van der Waals surface area contributed by atoms with Crippen LogP contribution in [0.15, 0.2) is 12.4 Å². The minimum absolute atomic E-state index is 0.485. The smallest absolute Gasteiger partial charge is 0.218 e. The number of aromatic nitrogens is 2. The van der Waals surface area contributed by atoms with Crippen LogP contribution in [0.1, 0.15) is 26.2 Å². The predicted molar refractivity (Wildman–Crippen MR) is 59.0 cm³/mol. The van der Waals surface area contributed by atoms with Crippen molar-refractivity contribution in [3.63, 3.8) is 0 Å². The van der Waals surface area contributed by atoms with Crippen molar-refractivity contribution < 1.29 is 4.74 Å². The molecule has 1 N–H and O–H groups in total. The van der Waals surface area contributed by atoms with Crippen molar-refractivity contribution in [1.29, 1.82) is 0 Å². The fourth-order valence-corrected chi connectivity index (χ4v) is 1.82. The van der Waals surface area contributed by atoms with Gasteiger partial charge in [0.25, 0.3) is 0 Å². The van der Waals surface area contributed by atoms with E-state index in [1.807, 2.05) is 6.07 Å². The number of rotatable bonds is 4. The zero-order chi connectivity index (χ0) is 10.7. The number of nitrogens with zero attached hydrogens (tertiary/aromatic N) is 2. The first-order valence-electron chi connectivity index (χ1n) is 5.42. The Balaban J connectivity index is 1.96. The summed E-state index contributed by atoms with van der Waals surface area (Å²) in [6.07, 6.45) is 5.55. The lowest BCUT2D eigenvalue weighted by atomic mass is 9.80. The Morgan fingerprint density at radius 3 is 2.87 bits per heavy atom. The van der Waals surface area contributed by atoms with Gasteiger partial charge in [0.05, 0.1) is 7.11 Å². The topological polar surface area (TPSA) is 47.0 Å². The molecule has 1 fully saturated rings. The summed E-state index contributed by atoms with van der Waals surface area (Å²) in [7, 11) is 1.61. The van der Waals surface area contributed by atoms with Gasteiger partial charge in [-0.3, -0.25) is 0 Å². The summed E-state index contributed by atoms with van der Waals surface area (Å²) in [5.41, 5.74) is 0. The number of ether oxygens (including phenoxy) is 1. The maximum atomic E-state index is 5.05. The summed E-state index contributed by atoms with van der Waals surface area (Å²) in [5, 5.41) is 3.39. The van der Waals surface area contributed by atoms with Gasteiger partial charge in [0, 0.05) is 12.1 Å². The van der Waals surface area contributed by atoms with E-state index in [-0.39, 0.29) is 0 Å². The van der Waals surface area contributed by atoms with Crippen molar-refractivity contribution >= 4 is 5.82 Å². The maximum Gasteiger partial charge on any atom is 0.218 e. The molecule has 1 aliphatic carbocycles. The number of methoxy groups -OCH3 is 1. The molecule has 0 spiro atoms. The third-order valence-corrected chi connectivity index (χ3v) is 3.08. The van der Waals surface area contributed by atoms with Crippen LogP contribution in [0, 0.1) is 5.92 Å². The molecule has 1 saturated carbocycles. The largest absolute Gasteiger partial charge is 0.481 e. The highest BCUT2D eigenvalue weighted by atomic mass is 16.5. The predicted octanol–water partition coefficient (Wildman–Crippen LogP) is 2.09. The summed E-state index contributed by atoms with van der Waals surface area (Å²) in [4.78, 5) is 8.14. The first-order valence-corrected chi connectivity index (χ1v) is 5.42. The fraction of sp³-hybridized carbons (Fsp3) is 0.636. The third kappa shape index (κ3) is 2.37. The Morgan fingerprint density at radius 2 is 2.27 bits per heavy atom. The lowest BCUT2D eigenvalue weighted by Gasteiger charge is -2.32. The number of hydrogen-bond acceptors (Lipinski definition) is 4. The molecule has 1 unspecified atom stereocenters. The molecule has 1 aromatic heterocycles. The Bertz CT molecular complexity index is 325. The first kappa shape index (κ1) is 10.2. The average molecular weight is 207 g/mol. The van der Waals surface area contributed by atoms with Crippen LogP contribution in [0.5, 0.6) is 5.88 Å². The number of hydrogen-bond donors (Lipinski definition) is 1. The summed E-state index contributed by atoms with van der Waals surface area (Å²) in [5.74, 6) is 2.25. The molecule has 15 heavy (non-hydrogen) atoms.